The molecule has 0 aliphatic carbocycles. The summed E-state index contributed by atoms with van der Waals surface area (Å²) in [5.74, 6) is 0.538. The Morgan fingerprint density at radius 1 is 1.43 bits per heavy atom. The molecule has 0 unspecified atom stereocenters. The van der Waals surface area contributed by atoms with Crippen molar-refractivity contribution in [3.8, 4) is 11.3 Å². The molecule has 0 spiro atoms. The van der Waals surface area contributed by atoms with Crippen LogP contribution in [0.15, 0.2) is 29.0 Å². The van der Waals surface area contributed by atoms with Crippen LogP contribution in [0.25, 0.3) is 11.3 Å². The van der Waals surface area contributed by atoms with Crippen molar-refractivity contribution in [3.05, 3.63) is 40.2 Å². The zero-order valence-corrected chi connectivity index (χ0v) is 14.5. The third kappa shape index (κ3) is 3.98. The molecule has 1 aliphatic rings. The number of aryl methyl sites for hydroxylation is 1. The van der Waals surface area contributed by atoms with Crippen LogP contribution in [0.4, 0.5) is 0 Å². The van der Waals surface area contributed by atoms with Gasteiger partial charge >= 0.3 is 0 Å². The van der Waals surface area contributed by atoms with E-state index in [2.05, 4.69) is 27.6 Å². The number of hydrogen-bond acceptors (Lipinski definition) is 4. The van der Waals surface area contributed by atoms with Crippen LogP contribution >= 0.6 is 11.3 Å². The summed E-state index contributed by atoms with van der Waals surface area (Å²) in [5, 5.41) is 7.19. The normalized spacial score (nSPS) is 18.8. The third-order valence-corrected chi connectivity index (χ3v) is 5.10. The molecular formula is C18H23N3OS. The Hall–Kier alpha value is -1.72. The summed E-state index contributed by atoms with van der Waals surface area (Å²) in [6.07, 6.45) is 2.41. The fourth-order valence-electron chi connectivity index (χ4n) is 3.14. The number of rotatable bonds is 4. The Bertz CT molecular complexity index is 669. The first-order valence-corrected chi connectivity index (χ1v) is 9.04. The van der Waals surface area contributed by atoms with Crippen LogP contribution in [-0.2, 0) is 0 Å². The molecule has 2 aromatic heterocycles. The summed E-state index contributed by atoms with van der Waals surface area (Å²) in [5.41, 5.74) is 3.49. The quantitative estimate of drug-likeness (QED) is 0.937. The van der Waals surface area contributed by atoms with Gasteiger partial charge in [-0.25, -0.2) is 0 Å². The maximum absolute atomic E-state index is 12.4. The minimum absolute atomic E-state index is 0.0138. The van der Waals surface area contributed by atoms with E-state index < -0.39 is 0 Å². The van der Waals surface area contributed by atoms with Crippen LogP contribution < -0.4 is 5.32 Å². The number of nitrogens with one attached hydrogen (secondary N) is 1. The van der Waals surface area contributed by atoms with Gasteiger partial charge in [0.05, 0.1) is 17.0 Å². The highest BCUT2D eigenvalue weighted by Crippen LogP contribution is 2.21. The molecule has 0 radical (unpaired) electrons. The second-order valence-electron chi connectivity index (χ2n) is 6.32. The van der Waals surface area contributed by atoms with E-state index in [9.17, 15) is 4.79 Å². The second-order valence-corrected chi connectivity index (χ2v) is 7.10. The molecule has 0 saturated carbocycles. The van der Waals surface area contributed by atoms with Gasteiger partial charge in [-0.2, -0.15) is 11.3 Å². The van der Waals surface area contributed by atoms with Crippen LogP contribution in [0.3, 0.4) is 0 Å². The number of hydrogen-bond donors (Lipinski definition) is 1. The van der Waals surface area contributed by atoms with Gasteiger partial charge in [-0.05, 0) is 62.9 Å². The maximum atomic E-state index is 12.4. The van der Waals surface area contributed by atoms with Crippen molar-refractivity contribution in [1.29, 1.82) is 0 Å². The Balaban J connectivity index is 1.63. The van der Waals surface area contributed by atoms with E-state index in [0.29, 0.717) is 11.5 Å². The molecule has 0 aromatic carbocycles. The Kier molecular flexibility index (Phi) is 5.08. The van der Waals surface area contributed by atoms with E-state index in [4.69, 9.17) is 0 Å². The smallest absolute Gasteiger partial charge is 0.253 e. The lowest BCUT2D eigenvalue weighted by Crippen LogP contribution is -2.39. The summed E-state index contributed by atoms with van der Waals surface area (Å²) >= 11 is 1.65. The number of thiophene rings is 1. The number of carbonyl (C=O) groups is 1. The van der Waals surface area contributed by atoms with Gasteiger partial charge in [-0.15, -0.1) is 0 Å². The number of likely N-dealkylation sites (tertiary alicyclic amines) is 1. The molecule has 1 fully saturated rings. The number of aromatic nitrogens is 1. The van der Waals surface area contributed by atoms with Crippen LogP contribution in [0.5, 0.6) is 0 Å². The van der Waals surface area contributed by atoms with Gasteiger partial charge in [0, 0.05) is 24.0 Å². The van der Waals surface area contributed by atoms with Crippen molar-refractivity contribution in [2.24, 2.45) is 5.92 Å². The van der Waals surface area contributed by atoms with Crippen molar-refractivity contribution >= 4 is 17.2 Å². The van der Waals surface area contributed by atoms with Gasteiger partial charge in [0.25, 0.3) is 5.91 Å². The van der Waals surface area contributed by atoms with Crippen LogP contribution in [0.1, 0.15) is 28.9 Å². The van der Waals surface area contributed by atoms with E-state index in [1.54, 1.807) is 11.3 Å². The third-order valence-electron chi connectivity index (χ3n) is 4.42. The van der Waals surface area contributed by atoms with E-state index in [-0.39, 0.29) is 5.91 Å². The number of nitrogens with zero attached hydrogens (tertiary/aromatic N) is 2. The molecule has 23 heavy (non-hydrogen) atoms. The van der Waals surface area contributed by atoms with E-state index in [1.807, 2.05) is 30.5 Å². The number of piperidine rings is 1. The number of amides is 1. The predicted octanol–water partition coefficient (Wildman–Crippen LogP) is 3.19. The number of carbonyl (C=O) groups excluding carboxylic acids is 1. The zero-order chi connectivity index (χ0) is 16.2. The molecule has 3 heterocycles. The molecule has 2 aromatic rings. The second kappa shape index (κ2) is 7.23. The Labute approximate surface area is 141 Å². The van der Waals surface area contributed by atoms with Crippen LogP contribution in [-0.4, -0.2) is 42.5 Å². The molecule has 1 atom stereocenters. The number of pyridine rings is 1. The lowest BCUT2D eigenvalue weighted by atomic mass is 9.98. The van der Waals surface area contributed by atoms with Gasteiger partial charge in [0.15, 0.2) is 0 Å². The van der Waals surface area contributed by atoms with E-state index in [1.165, 1.54) is 12.8 Å². The van der Waals surface area contributed by atoms with Crippen molar-refractivity contribution in [2.45, 2.75) is 19.8 Å². The highest BCUT2D eigenvalue weighted by molar-refractivity contribution is 7.08. The summed E-state index contributed by atoms with van der Waals surface area (Å²) in [7, 11) is 2.14. The van der Waals surface area contributed by atoms with Crippen LogP contribution in [0.2, 0.25) is 0 Å². The zero-order valence-electron chi connectivity index (χ0n) is 13.7. The summed E-state index contributed by atoms with van der Waals surface area (Å²) in [4.78, 5) is 19.3. The lowest BCUT2D eigenvalue weighted by molar-refractivity contribution is 0.0936. The summed E-state index contributed by atoms with van der Waals surface area (Å²) in [6, 6.07) is 5.86. The first kappa shape index (κ1) is 16.1. The fraction of sp³-hybridized carbons (Fsp3) is 0.444. The molecule has 5 heteroatoms. The summed E-state index contributed by atoms with van der Waals surface area (Å²) in [6.45, 7) is 4.88. The maximum Gasteiger partial charge on any atom is 0.253 e. The Morgan fingerprint density at radius 3 is 3.00 bits per heavy atom. The molecule has 0 bridgehead atoms. The van der Waals surface area contributed by atoms with E-state index >= 15 is 0 Å². The van der Waals surface area contributed by atoms with Crippen molar-refractivity contribution in [3.63, 3.8) is 0 Å². The van der Waals surface area contributed by atoms with Crippen molar-refractivity contribution in [1.82, 2.24) is 15.2 Å². The minimum atomic E-state index is -0.0138. The lowest BCUT2D eigenvalue weighted by Gasteiger charge is -2.29. The molecule has 1 amide bonds. The highest BCUT2D eigenvalue weighted by atomic mass is 32.1. The topological polar surface area (TPSA) is 45.2 Å². The molecule has 1 saturated heterocycles. The molecule has 1 aliphatic heterocycles. The minimum Gasteiger partial charge on any atom is -0.352 e. The fourth-order valence-corrected chi connectivity index (χ4v) is 3.79. The summed E-state index contributed by atoms with van der Waals surface area (Å²) < 4.78 is 0. The van der Waals surface area contributed by atoms with Gasteiger partial charge in [0.1, 0.15) is 0 Å². The predicted molar refractivity (Wildman–Crippen MR) is 94.8 cm³/mol. The van der Waals surface area contributed by atoms with Crippen molar-refractivity contribution < 1.29 is 4.79 Å². The van der Waals surface area contributed by atoms with Gasteiger partial charge < -0.3 is 10.2 Å². The monoisotopic (exact) mass is 329 g/mol. The first-order chi connectivity index (χ1) is 11.1. The van der Waals surface area contributed by atoms with Crippen molar-refractivity contribution in [2.75, 3.05) is 26.7 Å². The van der Waals surface area contributed by atoms with E-state index in [0.717, 1.165) is 36.6 Å². The molecule has 1 N–H and O–H groups in total. The largest absolute Gasteiger partial charge is 0.352 e. The molecule has 3 rings (SSSR count). The highest BCUT2D eigenvalue weighted by Gasteiger charge is 2.19. The molecular weight excluding hydrogens is 306 g/mol. The standard InChI is InChI=1S/C18H23N3OS/c1-13-16(5-6-17(20-13)15-7-9-23-12-15)18(22)19-10-14-4-3-8-21(2)11-14/h5-7,9,12,14H,3-4,8,10-11H2,1-2H3,(H,19,22)/t14-/m0/s1. The van der Waals surface area contributed by atoms with Crippen LogP contribution in [0, 0.1) is 12.8 Å². The molecule has 122 valence electrons. The average molecular weight is 329 g/mol. The first-order valence-electron chi connectivity index (χ1n) is 8.10. The van der Waals surface area contributed by atoms with Gasteiger partial charge in [-0.3, -0.25) is 9.78 Å². The SMILES string of the molecule is Cc1nc(-c2ccsc2)ccc1C(=O)NC[C@@H]1CCCN(C)C1. The average Bonchev–Trinajstić information content (AvgIpc) is 3.07. The molecule has 4 nitrogen and oxygen atoms in total. The van der Waals surface area contributed by atoms with Gasteiger partial charge in [-0.1, -0.05) is 0 Å². The van der Waals surface area contributed by atoms with Gasteiger partial charge in [0.2, 0.25) is 0 Å². The Morgan fingerprint density at radius 2 is 2.30 bits per heavy atom.